The lowest BCUT2D eigenvalue weighted by atomic mass is 10.3. The summed E-state index contributed by atoms with van der Waals surface area (Å²) in [7, 11) is 2.88. The molecule has 0 aliphatic rings. The van der Waals surface area contributed by atoms with Crippen LogP contribution in [0.25, 0.3) is 0 Å². The van der Waals surface area contributed by atoms with Gasteiger partial charge in [0.15, 0.2) is 0 Å². The Bertz CT molecular complexity index is 777. The Labute approximate surface area is 212 Å². The molecule has 0 radical (unpaired) electrons. The smallest absolute Gasteiger partial charge is 0.231 e. The minimum absolute atomic E-state index is 0.606. The molecule has 10 nitrogen and oxygen atoms in total. The molecule has 0 saturated carbocycles. The van der Waals surface area contributed by atoms with Crippen LogP contribution >= 0.6 is 21.6 Å². The van der Waals surface area contributed by atoms with Crippen molar-refractivity contribution in [2.45, 2.75) is 77.5 Å². The third-order valence-corrected chi connectivity index (χ3v) is 7.01. The highest BCUT2D eigenvalue weighted by Crippen LogP contribution is 2.35. The average molecular weight is 509 g/mol. The maximum Gasteiger partial charge on any atom is 0.231 e. The van der Waals surface area contributed by atoms with E-state index in [1.165, 1.54) is 21.6 Å². The normalized spacial score (nSPS) is 10.9. The van der Waals surface area contributed by atoms with Gasteiger partial charge in [0.1, 0.15) is 0 Å². The highest BCUT2D eigenvalue weighted by Gasteiger charge is 2.15. The summed E-state index contributed by atoms with van der Waals surface area (Å²) in [5.41, 5.74) is 0. The zero-order valence-electron chi connectivity index (χ0n) is 21.5. The molecule has 0 fully saturated rings. The van der Waals surface area contributed by atoms with Gasteiger partial charge in [0.25, 0.3) is 0 Å². The van der Waals surface area contributed by atoms with Crippen LogP contribution in [-0.2, 0) is 0 Å². The van der Waals surface area contributed by atoms with Crippen LogP contribution in [-0.4, -0.2) is 69.2 Å². The number of hydrogen-bond donors (Lipinski definition) is 2. The fourth-order valence-electron chi connectivity index (χ4n) is 3.05. The van der Waals surface area contributed by atoms with Crippen molar-refractivity contribution in [2.75, 3.05) is 59.7 Å². The van der Waals surface area contributed by atoms with Crippen LogP contribution in [0, 0.1) is 0 Å². The van der Waals surface area contributed by atoms with E-state index in [1.807, 2.05) is 0 Å². The zero-order valence-corrected chi connectivity index (χ0v) is 23.1. The molecule has 0 spiro atoms. The van der Waals surface area contributed by atoms with Crippen molar-refractivity contribution in [3.8, 4) is 0 Å². The van der Waals surface area contributed by atoms with Gasteiger partial charge in [0, 0.05) is 39.3 Å². The van der Waals surface area contributed by atoms with Crippen LogP contribution in [0.3, 0.4) is 0 Å². The predicted molar refractivity (Wildman–Crippen MR) is 145 cm³/mol. The van der Waals surface area contributed by atoms with E-state index >= 15 is 0 Å². The van der Waals surface area contributed by atoms with Gasteiger partial charge >= 0.3 is 0 Å². The topological polar surface area (TPSA) is 108 Å². The van der Waals surface area contributed by atoms with Crippen molar-refractivity contribution in [3.05, 3.63) is 0 Å². The van der Waals surface area contributed by atoms with E-state index < -0.39 is 0 Å². The number of anilines is 4. The van der Waals surface area contributed by atoms with Gasteiger partial charge in [0.05, 0.1) is 0 Å². The monoisotopic (exact) mass is 508 g/mol. The van der Waals surface area contributed by atoms with Crippen molar-refractivity contribution < 1.29 is 0 Å². The highest BCUT2D eigenvalue weighted by molar-refractivity contribution is 8.76. The van der Waals surface area contributed by atoms with Gasteiger partial charge in [-0.2, -0.15) is 29.9 Å². The molecule has 0 aliphatic carbocycles. The van der Waals surface area contributed by atoms with E-state index in [0.717, 1.165) is 65.0 Å². The van der Waals surface area contributed by atoms with Gasteiger partial charge in [-0.25, -0.2) is 0 Å². The van der Waals surface area contributed by atoms with Crippen molar-refractivity contribution in [3.63, 3.8) is 0 Å². The molecule has 0 bridgehead atoms. The van der Waals surface area contributed by atoms with E-state index in [1.54, 1.807) is 0 Å². The maximum atomic E-state index is 4.70. The summed E-state index contributed by atoms with van der Waals surface area (Å²) >= 11 is 0. The van der Waals surface area contributed by atoms with Crippen molar-refractivity contribution in [1.82, 2.24) is 29.9 Å². The fourth-order valence-corrected chi connectivity index (χ4v) is 4.58. The molecule has 12 heteroatoms. The van der Waals surface area contributed by atoms with Crippen molar-refractivity contribution in [2.24, 2.45) is 0 Å². The fraction of sp³-hybridized carbons (Fsp3) is 0.727. The first-order valence-electron chi connectivity index (χ1n) is 12.4. The molecule has 0 atom stereocenters. The van der Waals surface area contributed by atoms with Crippen LogP contribution in [0.15, 0.2) is 10.3 Å². The van der Waals surface area contributed by atoms with E-state index in [9.17, 15) is 0 Å². The standard InChI is InChI=1S/C22H40N10S2/c1-7-13-15-23-17-25-19(31(9-3)10-4)29-21(27-17)33-34-22-28-18(24-16-14-8-2)26-20(30-22)32(11-5)12-6/h7-16H2,1-6H3,(H,23,25,27,29)(H,24,26,28,30). The van der Waals surface area contributed by atoms with Crippen LogP contribution < -0.4 is 20.4 Å². The first kappa shape index (κ1) is 28.2. The minimum Gasteiger partial charge on any atom is -0.354 e. The lowest BCUT2D eigenvalue weighted by Crippen LogP contribution is -2.25. The van der Waals surface area contributed by atoms with Gasteiger partial charge in [-0.1, -0.05) is 26.7 Å². The lowest BCUT2D eigenvalue weighted by molar-refractivity contribution is 0.772. The Kier molecular flexibility index (Phi) is 13.0. The van der Waals surface area contributed by atoms with Crippen LogP contribution in [0.2, 0.25) is 0 Å². The zero-order chi connectivity index (χ0) is 24.8. The first-order valence-corrected chi connectivity index (χ1v) is 14.6. The molecule has 2 aromatic heterocycles. The van der Waals surface area contributed by atoms with E-state index in [-0.39, 0.29) is 0 Å². The van der Waals surface area contributed by atoms with Gasteiger partial charge in [-0.3, -0.25) is 0 Å². The Morgan fingerprint density at radius 3 is 1.26 bits per heavy atom. The predicted octanol–water partition coefficient (Wildman–Crippen LogP) is 4.97. The quantitative estimate of drug-likeness (QED) is 0.222. The summed E-state index contributed by atoms with van der Waals surface area (Å²) < 4.78 is 0. The Morgan fingerprint density at radius 2 is 0.941 bits per heavy atom. The molecule has 0 saturated heterocycles. The van der Waals surface area contributed by atoms with Gasteiger partial charge in [0.2, 0.25) is 34.1 Å². The SMILES string of the molecule is CCCCNc1nc(SSc2nc(NCCCC)nc(N(CC)CC)n2)nc(N(CC)CC)n1. The molecule has 34 heavy (non-hydrogen) atoms. The maximum absolute atomic E-state index is 4.70. The van der Waals surface area contributed by atoms with Gasteiger partial charge < -0.3 is 20.4 Å². The molecule has 0 aromatic carbocycles. The molecule has 2 heterocycles. The van der Waals surface area contributed by atoms with Crippen LogP contribution in [0.1, 0.15) is 67.2 Å². The molecule has 2 aromatic rings. The van der Waals surface area contributed by atoms with Gasteiger partial charge in [-0.15, -0.1) is 0 Å². The number of nitrogens with zero attached hydrogens (tertiary/aromatic N) is 8. The van der Waals surface area contributed by atoms with Crippen LogP contribution in [0.4, 0.5) is 23.8 Å². The summed E-state index contributed by atoms with van der Waals surface area (Å²) in [6.45, 7) is 17.8. The average Bonchev–Trinajstić information content (AvgIpc) is 2.85. The Hall–Kier alpha value is -2.08. The number of nitrogens with one attached hydrogen (secondary N) is 2. The third-order valence-electron chi connectivity index (χ3n) is 5.12. The largest absolute Gasteiger partial charge is 0.354 e. The molecule has 0 aliphatic heterocycles. The van der Waals surface area contributed by atoms with E-state index in [0.29, 0.717) is 34.1 Å². The van der Waals surface area contributed by atoms with Crippen molar-refractivity contribution in [1.29, 1.82) is 0 Å². The lowest BCUT2D eigenvalue weighted by Gasteiger charge is -2.20. The number of hydrogen-bond acceptors (Lipinski definition) is 12. The third kappa shape index (κ3) is 8.94. The molecule has 0 amide bonds. The second-order valence-corrected chi connectivity index (χ2v) is 9.62. The summed E-state index contributed by atoms with van der Waals surface area (Å²) in [6.07, 6.45) is 4.36. The number of unbranched alkanes of at least 4 members (excludes halogenated alkanes) is 2. The highest BCUT2D eigenvalue weighted by atomic mass is 33.1. The number of aromatic nitrogens is 6. The summed E-state index contributed by atoms with van der Waals surface area (Å²) in [4.78, 5) is 32.2. The summed E-state index contributed by atoms with van der Waals surface area (Å²) in [5.74, 6) is 2.58. The first-order chi connectivity index (χ1) is 16.6. The van der Waals surface area contributed by atoms with E-state index in [4.69, 9.17) is 9.97 Å². The van der Waals surface area contributed by atoms with Crippen molar-refractivity contribution >= 4 is 45.4 Å². The number of rotatable bonds is 17. The second-order valence-electron chi connectivity index (χ2n) is 7.56. The van der Waals surface area contributed by atoms with Crippen LogP contribution in [0.5, 0.6) is 0 Å². The molecular weight excluding hydrogens is 468 g/mol. The second kappa shape index (κ2) is 15.8. The summed E-state index contributed by atoms with van der Waals surface area (Å²) in [5, 5.41) is 7.93. The molecule has 190 valence electrons. The minimum atomic E-state index is 0.606. The summed E-state index contributed by atoms with van der Waals surface area (Å²) in [6, 6.07) is 0. The Balaban J connectivity index is 2.26. The van der Waals surface area contributed by atoms with E-state index in [2.05, 4.69) is 81.9 Å². The molecule has 2 rings (SSSR count). The molecule has 0 unspecified atom stereocenters. The van der Waals surface area contributed by atoms with Gasteiger partial charge in [-0.05, 0) is 62.1 Å². The molecular formula is C22H40N10S2. The Morgan fingerprint density at radius 1 is 0.559 bits per heavy atom. The molecule has 2 N–H and O–H groups in total.